The van der Waals surface area contributed by atoms with Crippen molar-refractivity contribution in [1.82, 2.24) is 9.80 Å². The van der Waals surface area contributed by atoms with Crippen molar-refractivity contribution >= 4 is 0 Å². The van der Waals surface area contributed by atoms with Gasteiger partial charge in [0.2, 0.25) is 0 Å². The Labute approximate surface area is 132 Å². The van der Waals surface area contributed by atoms with Crippen LogP contribution >= 0.6 is 0 Å². The van der Waals surface area contributed by atoms with E-state index in [9.17, 15) is 0 Å². The number of likely N-dealkylation sites (N-methyl/N-ethyl adjacent to an activating group) is 1. The van der Waals surface area contributed by atoms with Crippen LogP contribution in [0.4, 0.5) is 0 Å². The number of nitrogens with zero attached hydrogens (tertiary/aromatic N) is 2. The topological polar surface area (TPSA) is 32.5 Å². The Bertz CT molecular complexity index is 336. The highest BCUT2D eigenvalue weighted by atomic mass is 15.3. The number of hydrogen-bond donors (Lipinski definition) is 1. The fraction of sp³-hybridized carbons (Fsp3) is 1.00. The maximum atomic E-state index is 6.33. The quantitative estimate of drug-likeness (QED) is 0.795. The Morgan fingerprint density at radius 3 is 2.43 bits per heavy atom. The van der Waals surface area contributed by atoms with Crippen LogP contribution in [0.15, 0.2) is 0 Å². The second-order valence-electron chi connectivity index (χ2n) is 8.73. The van der Waals surface area contributed by atoms with Gasteiger partial charge in [-0.25, -0.2) is 0 Å². The summed E-state index contributed by atoms with van der Waals surface area (Å²) in [5.41, 5.74) is 7.04. The molecule has 3 unspecified atom stereocenters. The van der Waals surface area contributed by atoms with Crippen molar-refractivity contribution in [2.45, 2.75) is 71.4 Å². The van der Waals surface area contributed by atoms with Gasteiger partial charge in [0.25, 0.3) is 0 Å². The first kappa shape index (κ1) is 17.2. The van der Waals surface area contributed by atoms with Crippen molar-refractivity contribution in [3.63, 3.8) is 0 Å². The molecule has 0 spiro atoms. The van der Waals surface area contributed by atoms with E-state index in [0.29, 0.717) is 11.5 Å². The van der Waals surface area contributed by atoms with Gasteiger partial charge in [0.05, 0.1) is 0 Å². The smallest absolute Gasteiger partial charge is 0.0335 e. The van der Waals surface area contributed by atoms with Crippen LogP contribution in [0.1, 0.15) is 59.8 Å². The normalized spacial score (nSPS) is 37.4. The molecule has 0 bridgehead atoms. The zero-order valence-electron chi connectivity index (χ0n) is 15.0. The molecular formula is C18H37N3. The molecule has 1 saturated carbocycles. The Hall–Kier alpha value is -0.120. The van der Waals surface area contributed by atoms with E-state index in [0.717, 1.165) is 12.5 Å². The van der Waals surface area contributed by atoms with Gasteiger partial charge in [-0.1, -0.05) is 27.2 Å². The largest absolute Gasteiger partial charge is 0.329 e. The Kier molecular flexibility index (Phi) is 5.38. The lowest BCUT2D eigenvalue weighted by molar-refractivity contribution is -0.00699. The summed E-state index contributed by atoms with van der Waals surface area (Å²) >= 11 is 0. The molecule has 0 radical (unpaired) electrons. The number of hydrogen-bond acceptors (Lipinski definition) is 3. The van der Waals surface area contributed by atoms with Gasteiger partial charge in [-0.3, -0.25) is 4.90 Å². The van der Waals surface area contributed by atoms with Gasteiger partial charge in [-0.15, -0.1) is 0 Å². The van der Waals surface area contributed by atoms with Crippen LogP contribution in [-0.2, 0) is 0 Å². The third-order valence-corrected chi connectivity index (χ3v) is 6.20. The molecule has 3 nitrogen and oxygen atoms in total. The summed E-state index contributed by atoms with van der Waals surface area (Å²) in [6.45, 7) is 14.0. The Balaban J connectivity index is 2.11. The van der Waals surface area contributed by atoms with E-state index >= 15 is 0 Å². The standard InChI is InChI=1S/C18H37N3/c1-15-13-20(5)11-12-21(15)18(14-19)9-6-7-16(8-10-18)17(2,3)4/h15-16H,6-14,19H2,1-5H3. The summed E-state index contributed by atoms with van der Waals surface area (Å²) in [4.78, 5) is 5.22. The van der Waals surface area contributed by atoms with Crippen LogP contribution in [0.2, 0.25) is 0 Å². The molecule has 1 aliphatic heterocycles. The number of nitrogens with two attached hydrogens (primary N) is 1. The predicted octanol–water partition coefficient (Wildman–Crippen LogP) is 2.95. The minimum absolute atomic E-state index is 0.265. The summed E-state index contributed by atoms with van der Waals surface area (Å²) in [5.74, 6) is 0.855. The average Bonchev–Trinajstić information content (AvgIpc) is 2.61. The molecule has 3 heteroatoms. The second kappa shape index (κ2) is 6.55. The van der Waals surface area contributed by atoms with E-state index in [4.69, 9.17) is 5.73 Å². The van der Waals surface area contributed by atoms with E-state index in [-0.39, 0.29) is 5.54 Å². The molecule has 2 N–H and O–H groups in total. The molecule has 124 valence electrons. The Morgan fingerprint density at radius 1 is 1.14 bits per heavy atom. The maximum absolute atomic E-state index is 6.33. The van der Waals surface area contributed by atoms with Crippen LogP contribution < -0.4 is 5.73 Å². The summed E-state index contributed by atoms with van der Waals surface area (Å²) in [5, 5.41) is 0. The van der Waals surface area contributed by atoms with Crippen molar-refractivity contribution in [1.29, 1.82) is 0 Å². The van der Waals surface area contributed by atoms with Crippen LogP contribution in [0.25, 0.3) is 0 Å². The van der Waals surface area contributed by atoms with Crippen LogP contribution in [0, 0.1) is 11.3 Å². The lowest BCUT2D eigenvalue weighted by atomic mass is 9.76. The maximum Gasteiger partial charge on any atom is 0.0335 e. The van der Waals surface area contributed by atoms with Crippen molar-refractivity contribution in [3.05, 3.63) is 0 Å². The average molecular weight is 296 g/mol. The fourth-order valence-electron chi connectivity index (χ4n) is 4.71. The molecule has 2 rings (SSSR count). The van der Waals surface area contributed by atoms with E-state index in [2.05, 4.69) is 44.5 Å². The molecule has 1 heterocycles. The monoisotopic (exact) mass is 295 g/mol. The SMILES string of the molecule is CC1CN(C)CCN1C1(CN)CCCC(C(C)(C)C)CC1. The van der Waals surface area contributed by atoms with Crippen LogP contribution in [0.5, 0.6) is 0 Å². The summed E-state index contributed by atoms with van der Waals surface area (Å²) < 4.78 is 0. The summed E-state index contributed by atoms with van der Waals surface area (Å²) in [6.07, 6.45) is 6.66. The highest BCUT2D eigenvalue weighted by Gasteiger charge is 2.42. The van der Waals surface area contributed by atoms with Gasteiger partial charge in [0, 0.05) is 37.8 Å². The van der Waals surface area contributed by atoms with Crippen molar-refractivity contribution in [2.75, 3.05) is 33.2 Å². The van der Waals surface area contributed by atoms with Gasteiger partial charge in [0.15, 0.2) is 0 Å². The molecule has 3 atom stereocenters. The van der Waals surface area contributed by atoms with E-state index < -0.39 is 0 Å². The lowest BCUT2D eigenvalue weighted by Crippen LogP contribution is -2.63. The third-order valence-electron chi connectivity index (χ3n) is 6.20. The van der Waals surface area contributed by atoms with Crippen molar-refractivity contribution in [2.24, 2.45) is 17.1 Å². The molecular weight excluding hydrogens is 258 g/mol. The minimum Gasteiger partial charge on any atom is -0.329 e. The second-order valence-corrected chi connectivity index (χ2v) is 8.73. The zero-order valence-corrected chi connectivity index (χ0v) is 15.0. The van der Waals surface area contributed by atoms with Gasteiger partial charge >= 0.3 is 0 Å². The molecule has 21 heavy (non-hydrogen) atoms. The molecule has 1 aliphatic carbocycles. The van der Waals surface area contributed by atoms with Crippen LogP contribution in [-0.4, -0.2) is 54.6 Å². The minimum atomic E-state index is 0.265. The molecule has 0 aromatic carbocycles. The highest BCUT2D eigenvalue weighted by Crippen LogP contribution is 2.42. The van der Waals surface area contributed by atoms with Gasteiger partial charge < -0.3 is 10.6 Å². The van der Waals surface area contributed by atoms with E-state index in [1.807, 2.05) is 0 Å². The van der Waals surface area contributed by atoms with E-state index in [1.54, 1.807) is 0 Å². The first-order valence-electron chi connectivity index (χ1n) is 8.94. The van der Waals surface area contributed by atoms with Gasteiger partial charge in [-0.2, -0.15) is 0 Å². The number of rotatable bonds is 2. The fourth-order valence-corrected chi connectivity index (χ4v) is 4.71. The first-order valence-corrected chi connectivity index (χ1v) is 8.94. The first-order chi connectivity index (χ1) is 9.78. The molecule has 0 amide bonds. The van der Waals surface area contributed by atoms with Gasteiger partial charge in [0.1, 0.15) is 0 Å². The van der Waals surface area contributed by atoms with Crippen LogP contribution in [0.3, 0.4) is 0 Å². The highest BCUT2D eigenvalue weighted by molar-refractivity contribution is 4.99. The molecule has 2 fully saturated rings. The molecule has 0 aromatic heterocycles. The summed E-state index contributed by atoms with van der Waals surface area (Å²) in [6, 6.07) is 0.637. The van der Waals surface area contributed by atoms with Crippen molar-refractivity contribution in [3.8, 4) is 0 Å². The molecule has 2 aliphatic rings. The van der Waals surface area contributed by atoms with E-state index in [1.165, 1.54) is 51.7 Å². The van der Waals surface area contributed by atoms with Gasteiger partial charge in [-0.05, 0) is 51.0 Å². The predicted molar refractivity (Wildman–Crippen MR) is 91.5 cm³/mol. The lowest BCUT2D eigenvalue weighted by Gasteiger charge is -2.50. The number of piperazine rings is 1. The zero-order chi connectivity index (χ0) is 15.7. The molecule has 0 aromatic rings. The van der Waals surface area contributed by atoms with Crippen molar-refractivity contribution < 1.29 is 0 Å². The summed E-state index contributed by atoms with van der Waals surface area (Å²) in [7, 11) is 2.24. The third kappa shape index (κ3) is 3.80. The Morgan fingerprint density at radius 2 is 1.86 bits per heavy atom. The molecule has 1 saturated heterocycles.